The Kier molecular flexibility index (Phi) is 8.09. The fourth-order valence-electron chi connectivity index (χ4n) is 2.99. The minimum atomic E-state index is -3.30. The van der Waals surface area contributed by atoms with Crippen molar-refractivity contribution in [1.82, 2.24) is 14.7 Å². The zero-order chi connectivity index (χ0) is 21.6. The lowest BCUT2D eigenvalue weighted by atomic mass is 10.1. The van der Waals surface area contributed by atoms with Gasteiger partial charge in [-0.15, -0.1) is 0 Å². The van der Waals surface area contributed by atoms with Gasteiger partial charge in [0.1, 0.15) is 0 Å². The zero-order valence-electron chi connectivity index (χ0n) is 17.1. The number of aliphatic hydroxyl groups is 2. The third-order valence-electron chi connectivity index (χ3n) is 4.39. The van der Waals surface area contributed by atoms with Crippen molar-refractivity contribution >= 4 is 9.84 Å². The minimum Gasteiger partial charge on any atom is -0.395 e. The van der Waals surface area contributed by atoms with Crippen molar-refractivity contribution in [2.45, 2.75) is 31.8 Å². The van der Waals surface area contributed by atoms with Crippen LogP contribution in [0, 0.1) is 5.92 Å². The number of hydrogen-bond donors (Lipinski definition) is 2. The van der Waals surface area contributed by atoms with E-state index in [1.165, 1.54) is 16.8 Å². The highest BCUT2D eigenvalue weighted by Gasteiger charge is 2.15. The molecule has 0 aliphatic rings. The molecule has 0 spiro atoms. The van der Waals surface area contributed by atoms with Crippen LogP contribution in [0.2, 0.25) is 0 Å². The van der Waals surface area contributed by atoms with Gasteiger partial charge in [-0.25, -0.2) is 13.1 Å². The summed E-state index contributed by atoms with van der Waals surface area (Å²) in [6, 6.07) is 8.08. The largest absolute Gasteiger partial charge is 0.395 e. The van der Waals surface area contributed by atoms with Gasteiger partial charge in [-0.1, -0.05) is 26.0 Å². The second kappa shape index (κ2) is 10.1. The number of sulfone groups is 1. The molecule has 8 nitrogen and oxygen atoms in total. The first-order chi connectivity index (χ1) is 13.7. The van der Waals surface area contributed by atoms with Crippen LogP contribution in [-0.2, 0) is 22.9 Å². The fraction of sp³-hybridized carbons (Fsp3) is 0.500. The smallest absolute Gasteiger partial charge is 0.271 e. The molecule has 0 aliphatic heterocycles. The molecule has 1 heterocycles. The Balaban J connectivity index is 2.50. The van der Waals surface area contributed by atoms with Gasteiger partial charge in [-0.3, -0.25) is 9.69 Å². The number of nitrogens with zero attached hydrogens (tertiary/aromatic N) is 3. The Morgan fingerprint density at radius 3 is 2.17 bits per heavy atom. The molecule has 0 fully saturated rings. The third kappa shape index (κ3) is 6.46. The first-order valence-corrected chi connectivity index (χ1v) is 11.4. The maximum atomic E-state index is 12.9. The Morgan fingerprint density at radius 2 is 1.69 bits per heavy atom. The van der Waals surface area contributed by atoms with Crippen LogP contribution >= 0.6 is 0 Å². The molecule has 0 atom stereocenters. The first kappa shape index (κ1) is 23.2. The van der Waals surface area contributed by atoms with Crippen molar-refractivity contribution in [3.05, 3.63) is 46.2 Å². The van der Waals surface area contributed by atoms with E-state index in [0.29, 0.717) is 36.5 Å². The van der Waals surface area contributed by atoms with Crippen LogP contribution in [0.25, 0.3) is 11.3 Å². The highest BCUT2D eigenvalue weighted by atomic mass is 32.2. The van der Waals surface area contributed by atoms with E-state index in [4.69, 9.17) is 0 Å². The van der Waals surface area contributed by atoms with Gasteiger partial charge in [0, 0.05) is 43.6 Å². The lowest BCUT2D eigenvalue weighted by Crippen LogP contribution is -2.35. The van der Waals surface area contributed by atoms with Gasteiger partial charge < -0.3 is 10.2 Å². The van der Waals surface area contributed by atoms with Crippen molar-refractivity contribution in [3.8, 4) is 11.3 Å². The SMILES string of the molecule is CC(C)Cn1nc(-c2ccc(S(C)(=O)=O)cc2)cc(CN(CCO)CCO)c1=O. The summed E-state index contributed by atoms with van der Waals surface area (Å²) in [5, 5.41) is 23.0. The monoisotopic (exact) mass is 423 g/mol. The minimum absolute atomic E-state index is 0.0783. The van der Waals surface area contributed by atoms with Crippen LogP contribution in [0.5, 0.6) is 0 Å². The third-order valence-corrected chi connectivity index (χ3v) is 5.52. The molecular formula is C20H29N3O5S. The van der Waals surface area contributed by atoms with Crippen LogP contribution in [0.1, 0.15) is 19.4 Å². The van der Waals surface area contributed by atoms with E-state index in [1.54, 1.807) is 23.1 Å². The molecule has 2 rings (SSSR count). The second-order valence-electron chi connectivity index (χ2n) is 7.46. The van der Waals surface area contributed by atoms with Crippen molar-refractivity contribution in [3.63, 3.8) is 0 Å². The van der Waals surface area contributed by atoms with E-state index >= 15 is 0 Å². The van der Waals surface area contributed by atoms with E-state index < -0.39 is 9.84 Å². The topological polar surface area (TPSA) is 113 Å². The summed E-state index contributed by atoms with van der Waals surface area (Å²) in [6.07, 6.45) is 1.15. The molecule has 160 valence electrons. The summed E-state index contributed by atoms with van der Waals surface area (Å²) in [6.45, 7) is 5.22. The molecule has 0 amide bonds. The molecular weight excluding hydrogens is 394 g/mol. The van der Waals surface area contributed by atoms with Gasteiger partial charge in [0.05, 0.1) is 23.8 Å². The molecule has 1 aromatic carbocycles. The molecule has 2 aromatic rings. The summed E-state index contributed by atoms with van der Waals surface area (Å²) < 4.78 is 24.8. The number of aliphatic hydroxyl groups excluding tert-OH is 2. The predicted octanol–water partition coefficient (Wildman–Crippen LogP) is 0.756. The zero-order valence-corrected chi connectivity index (χ0v) is 17.9. The second-order valence-corrected chi connectivity index (χ2v) is 9.47. The summed E-state index contributed by atoms with van der Waals surface area (Å²) in [4.78, 5) is 14.9. The number of rotatable bonds is 10. The molecule has 0 bridgehead atoms. The fourth-order valence-corrected chi connectivity index (χ4v) is 3.62. The number of aromatic nitrogens is 2. The molecule has 2 N–H and O–H groups in total. The number of benzene rings is 1. The van der Waals surface area contributed by atoms with Crippen molar-refractivity contribution in [2.24, 2.45) is 5.92 Å². The van der Waals surface area contributed by atoms with Crippen LogP contribution in [0.15, 0.2) is 40.0 Å². The van der Waals surface area contributed by atoms with E-state index in [2.05, 4.69) is 5.10 Å². The average Bonchev–Trinajstić information content (AvgIpc) is 2.64. The average molecular weight is 424 g/mol. The highest BCUT2D eigenvalue weighted by Crippen LogP contribution is 2.20. The Labute approximate surface area is 171 Å². The van der Waals surface area contributed by atoms with E-state index in [9.17, 15) is 23.4 Å². The quantitative estimate of drug-likeness (QED) is 0.580. The van der Waals surface area contributed by atoms with E-state index in [1.807, 2.05) is 13.8 Å². The standard InChI is InChI=1S/C20H29N3O5S/c1-15(2)13-23-20(26)17(14-22(8-10-24)9-11-25)12-19(21-23)16-4-6-18(7-5-16)29(3,27)28/h4-7,12,15,24-25H,8-11,13-14H2,1-3H3. The summed E-state index contributed by atoms with van der Waals surface area (Å²) in [5.74, 6) is 0.210. The lowest BCUT2D eigenvalue weighted by Gasteiger charge is -2.21. The van der Waals surface area contributed by atoms with Gasteiger partial charge in [0.2, 0.25) is 0 Å². The van der Waals surface area contributed by atoms with Crippen molar-refractivity contribution < 1.29 is 18.6 Å². The Hall–Kier alpha value is -2.07. The van der Waals surface area contributed by atoms with Gasteiger partial charge in [-0.05, 0) is 24.1 Å². The predicted molar refractivity (Wildman–Crippen MR) is 111 cm³/mol. The maximum Gasteiger partial charge on any atom is 0.271 e. The molecule has 0 aliphatic carbocycles. The van der Waals surface area contributed by atoms with E-state index in [0.717, 1.165) is 6.26 Å². The molecule has 9 heteroatoms. The first-order valence-electron chi connectivity index (χ1n) is 9.51. The molecule has 29 heavy (non-hydrogen) atoms. The Bertz CT molecular complexity index is 963. The van der Waals surface area contributed by atoms with Crippen molar-refractivity contribution in [2.75, 3.05) is 32.6 Å². The van der Waals surface area contributed by atoms with E-state index in [-0.39, 0.29) is 36.1 Å². The highest BCUT2D eigenvalue weighted by molar-refractivity contribution is 7.90. The van der Waals surface area contributed by atoms with Gasteiger partial charge in [-0.2, -0.15) is 5.10 Å². The summed E-state index contributed by atoms with van der Waals surface area (Å²) >= 11 is 0. The maximum absolute atomic E-state index is 12.9. The lowest BCUT2D eigenvalue weighted by molar-refractivity contribution is 0.155. The molecule has 0 unspecified atom stereocenters. The molecule has 0 saturated heterocycles. The van der Waals surface area contributed by atoms with Crippen LogP contribution < -0.4 is 5.56 Å². The molecule has 0 saturated carbocycles. The van der Waals surface area contributed by atoms with Crippen LogP contribution in [0.3, 0.4) is 0 Å². The van der Waals surface area contributed by atoms with Crippen molar-refractivity contribution in [1.29, 1.82) is 0 Å². The molecule has 0 radical (unpaired) electrons. The van der Waals surface area contributed by atoms with Gasteiger partial charge >= 0.3 is 0 Å². The molecule has 1 aromatic heterocycles. The van der Waals surface area contributed by atoms with Crippen LogP contribution in [0.4, 0.5) is 0 Å². The van der Waals surface area contributed by atoms with Gasteiger partial charge in [0.25, 0.3) is 5.56 Å². The van der Waals surface area contributed by atoms with Gasteiger partial charge in [0.15, 0.2) is 9.84 Å². The summed E-state index contributed by atoms with van der Waals surface area (Å²) in [5.41, 5.74) is 1.56. The number of hydrogen-bond acceptors (Lipinski definition) is 7. The normalized spacial score (nSPS) is 12.1. The van der Waals surface area contributed by atoms with Crippen LogP contribution in [-0.4, -0.2) is 65.9 Å². The Morgan fingerprint density at radius 1 is 1.10 bits per heavy atom. The summed E-state index contributed by atoms with van der Waals surface area (Å²) in [7, 11) is -3.30.